The zero-order valence-electron chi connectivity index (χ0n) is 8.94. The van der Waals surface area contributed by atoms with E-state index >= 15 is 0 Å². The predicted molar refractivity (Wildman–Crippen MR) is 68.8 cm³/mol. The van der Waals surface area contributed by atoms with Crippen molar-refractivity contribution in [2.75, 3.05) is 5.75 Å². The van der Waals surface area contributed by atoms with Crippen LogP contribution in [0.2, 0.25) is 0 Å². The van der Waals surface area contributed by atoms with E-state index in [4.69, 9.17) is 0 Å². The average molecular weight is 301 g/mol. The van der Waals surface area contributed by atoms with E-state index in [-0.39, 0.29) is 10.8 Å². The van der Waals surface area contributed by atoms with E-state index in [0.717, 1.165) is 4.47 Å². The van der Waals surface area contributed by atoms with E-state index < -0.39 is 9.84 Å². The molecule has 0 saturated heterocycles. The summed E-state index contributed by atoms with van der Waals surface area (Å²) in [6, 6.07) is 3.62. The maximum atomic E-state index is 11.9. The van der Waals surface area contributed by atoms with Crippen LogP contribution in [-0.4, -0.2) is 31.4 Å². The van der Waals surface area contributed by atoms with Gasteiger partial charge in [-0.15, -0.1) is 0 Å². The van der Waals surface area contributed by atoms with Crippen LogP contribution in [0.4, 0.5) is 0 Å². The van der Waals surface area contributed by atoms with Gasteiger partial charge in [0.1, 0.15) is 5.65 Å². The van der Waals surface area contributed by atoms with Crippen molar-refractivity contribution in [2.24, 2.45) is 0 Å². The Morgan fingerprint density at radius 1 is 1.50 bits per heavy atom. The molecule has 7 heteroatoms. The summed E-state index contributed by atoms with van der Waals surface area (Å²) >= 11 is 3.32. The second kappa shape index (κ2) is 3.89. The minimum Gasteiger partial charge on any atom is -0.290 e. The van der Waals surface area contributed by atoms with Crippen molar-refractivity contribution in [3.05, 3.63) is 22.8 Å². The summed E-state index contributed by atoms with van der Waals surface area (Å²) in [6.07, 6.45) is 1.72. The van der Waals surface area contributed by atoms with Gasteiger partial charge >= 0.3 is 0 Å². The van der Waals surface area contributed by atoms with Crippen LogP contribution in [0.25, 0.3) is 5.65 Å². The molecule has 84 valence electrons. The van der Waals surface area contributed by atoms with E-state index in [1.54, 1.807) is 31.4 Å². The molecule has 2 rings (SSSR count). The topological polar surface area (TPSA) is 51.4 Å². The first-order valence-corrected chi connectivity index (χ1v) is 7.27. The van der Waals surface area contributed by atoms with Gasteiger partial charge in [0.2, 0.25) is 0 Å². The Bertz CT molecular complexity index is 651. The van der Waals surface area contributed by atoms with Gasteiger partial charge in [0.05, 0.1) is 5.75 Å². The second-order valence-corrected chi connectivity index (χ2v) is 6.59. The lowest BCUT2D eigenvalue weighted by atomic mass is 10.1. The van der Waals surface area contributed by atoms with Crippen LogP contribution in [-0.2, 0) is 9.84 Å². The summed E-state index contributed by atoms with van der Waals surface area (Å²) in [5, 5.41) is 0.284. The van der Waals surface area contributed by atoms with Crippen LogP contribution < -0.4 is 5.59 Å². The summed E-state index contributed by atoms with van der Waals surface area (Å²) in [7, 11) is -1.54. The quantitative estimate of drug-likeness (QED) is 0.742. The zero-order chi connectivity index (χ0) is 11.9. The highest BCUT2D eigenvalue weighted by molar-refractivity contribution is 9.10. The summed E-state index contributed by atoms with van der Waals surface area (Å²) in [6.45, 7) is 1.63. The minimum absolute atomic E-state index is 0.0775. The number of aromatic nitrogens is 2. The van der Waals surface area contributed by atoms with Gasteiger partial charge in [0.25, 0.3) is 0 Å². The molecule has 0 aliphatic carbocycles. The second-order valence-electron chi connectivity index (χ2n) is 3.48. The van der Waals surface area contributed by atoms with Crippen molar-refractivity contribution in [1.29, 1.82) is 0 Å². The highest BCUT2D eigenvalue weighted by atomic mass is 79.9. The third-order valence-electron chi connectivity index (χ3n) is 2.38. The van der Waals surface area contributed by atoms with Crippen LogP contribution in [0.1, 0.15) is 6.92 Å². The molecule has 0 bridgehead atoms. The van der Waals surface area contributed by atoms with Crippen molar-refractivity contribution in [3.63, 3.8) is 0 Å². The third-order valence-corrected chi connectivity index (χ3v) is 4.69. The first kappa shape index (κ1) is 11.7. The normalized spacial score (nSPS) is 12.1. The molecule has 0 aliphatic rings. The number of sulfone groups is 1. The van der Waals surface area contributed by atoms with E-state index in [2.05, 4.69) is 20.9 Å². The van der Waals surface area contributed by atoms with Crippen LogP contribution in [0.15, 0.2) is 27.8 Å². The number of hydrogen-bond acceptors (Lipinski definition) is 3. The number of pyridine rings is 1. The monoisotopic (exact) mass is 300 g/mol. The Kier molecular flexibility index (Phi) is 2.83. The predicted octanol–water partition coefficient (Wildman–Crippen LogP) is 0.149. The van der Waals surface area contributed by atoms with Gasteiger partial charge in [-0.2, -0.15) is 0 Å². The third kappa shape index (κ3) is 1.78. The Balaban J connectivity index is 2.88. The Labute approximate surface area is 103 Å². The number of halogens is 1. The van der Waals surface area contributed by atoms with Gasteiger partial charge in [0.15, 0.2) is 22.7 Å². The van der Waals surface area contributed by atoms with Gasteiger partial charge in [-0.3, -0.25) is 4.40 Å². The molecule has 0 amide bonds. The standard InChI is InChI=1S/C9H10BBrN2O2S/c1-2-16(14,15)9-8(10)12-7-4-3-6(11)5-13(7)9/h3-5H,2,10H2,1H3. The molecular weight excluding hydrogens is 291 g/mol. The Hall–Kier alpha value is -0.815. The highest BCUT2D eigenvalue weighted by Gasteiger charge is 2.20. The number of fused-ring (bicyclic) bond motifs is 1. The molecule has 0 radical (unpaired) electrons. The van der Waals surface area contributed by atoms with Crippen molar-refractivity contribution in [2.45, 2.75) is 11.9 Å². The van der Waals surface area contributed by atoms with Crippen molar-refractivity contribution >= 4 is 44.9 Å². The molecule has 2 aromatic rings. The Morgan fingerprint density at radius 3 is 2.81 bits per heavy atom. The molecule has 0 spiro atoms. The van der Waals surface area contributed by atoms with E-state index in [1.807, 2.05) is 6.07 Å². The van der Waals surface area contributed by atoms with Crippen molar-refractivity contribution in [3.8, 4) is 0 Å². The molecule has 0 aliphatic heterocycles. The lowest BCUT2D eigenvalue weighted by Crippen LogP contribution is -2.18. The summed E-state index contributed by atoms with van der Waals surface area (Å²) < 4.78 is 26.3. The molecule has 16 heavy (non-hydrogen) atoms. The molecule has 4 nitrogen and oxygen atoms in total. The lowest BCUT2D eigenvalue weighted by Gasteiger charge is -2.03. The highest BCUT2D eigenvalue weighted by Crippen LogP contribution is 2.16. The first-order valence-electron chi connectivity index (χ1n) is 4.82. The average Bonchev–Trinajstić information content (AvgIpc) is 2.54. The summed E-state index contributed by atoms with van der Waals surface area (Å²) in [5.41, 5.74) is 1.19. The van der Waals surface area contributed by atoms with Gasteiger partial charge < -0.3 is 0 Å². The molecule has 0 N–H and O–H groups in total. The number of imidazole rings is 1. The molecule has 0 atom stereocenters. The Morgan fingerprint density at radius 2 is 2.19 bits per heavy atom. The minimum atomic E-state index is -3.25. The van der Waals surface area contributed by atoms with Gasteiger partial charge in [-0.05, 0) is 28.1 Å². The van der Waals surface area contributed by atoms with Crippen molar-refractivity contribution in [1.82, 2.24) is 9.38 Å². The fourth-order valence-electron chi connectivity index (χ4n) is 1.63. The fraction of sp³-hybridized carbons (Fsp3) is 0.222. The first-order chi connectivity index (χ1) is 7.45. The van der Waals surface area contributed by atoms with Gasteiger partial charge in [-0.1, -0.05) is 6.92 Å². The van der Waals surface area contributed by atoms with Crippen molar-refractivity contribution < 1.29 is 8.42 Å². The van der Waals surface area contributed by atoms with Crippen LogP contribution in [0.5, 0.6) is 0 Å². The number of hydrogen-bond donors (Lipinski definition) is 0. The molecule has 2 aromatic heterocycles. The fourth-order valence-corrected chi connectivity index (χ4v) is 3.18. The molecule has 0 unspecified atom stereocenters. The zero-order valence-corrected chi connectivity index (χ0v) is 11.3. The molecule has 0 aromatic carbocycles. The smallest absolute Gasteiger partial charge is 0.194 e. The molecule has 2 heterocycles. The van der Waals surface area contributed by atoms with Gasteiger partial charge in [-0.25, -0.2) is 13.4 Å². The molecule has 0 saturated carbocycles. The summed E-state index contributed by atoms with van der Waals surface area (Å²) in [5.74, 6) is 0.0775. The van der Waals surface area contributed by atoms with Gasteiger partial charge in [0, 0.05) is 16.3 Å². The number of rotatable bonds is 2. The number of nitrogens with zero attached hydrogens (tertiary/aromatic N) is 2. The maximum absolute atomic E-state index is 11.9. The molecular formula is C9H10BBrN2O2S. The van der Waals surface area contributed by atoms with Crippen LogP contribution in [0, 0.1) is 0 Å². The maximum Gasteiger partial charge on any atom is 0.194 e. The van der Waals surface area contributed by atoms with E-state index in [9.17, 15) is 8.42 Å². The van der Waals surface area contributed by atoms with E-state index in [0.29, 0.717) is 11.2 Å². The lowest BCUT2D eigenvalue weighted by molar-refractivity contribution is 0.593. The van der Waals surface area contributed by atoms with Crippen LogP contribution in [0.3, 0.4) is 0 Å². The SMILES string of the molecule is Bc1nc2ccc(Br)cn2c1S(=O)(=O)CC. The summed E-state index contributed by atoms with van der Waals surface area (Å²) in [4.78, 5) is 4.23. The van der Waals surface area contributed by atoms with Crippen LogP contribution >= 0.6 is 15.9 Å². The largest absolute Gasteiger partial charge is 0.290 e. The van der Waals surface area contributed by atoms with E-state index in [1.165, 1.54) is 0 Å². The molecule has 0 fully saturated rings.